The van der Waals surface area contributed by atoms with E-state index in [1.807, 2.05) is 13.8 Å². The number of hydrogen-bond acceptors (Lipinski definition) is 1. The summed E-state index contributed by atoms with van der Waals surface area (Å²) < 4.78 is 0. The van der Waals surface area contributed by atoms with Crippen LogP contribution in [0.15, 0.2) is 0 Å². The molecule has 0 fully saturated rings. The van der Waals surface area contributed by atoms with Crippen molar-refractivity contribution in [3.63, 3.8) is 0 Å². The maximum Gasteiger partial charge on any atom is 0.0293 e. The Labute approximate surface area is 44.5 Å². The van der Waals surface area contributed by atoms with Crippen molar-refractivity contribution in [3.05, 3.63) is 5.32 Å². The predicted octanol–water partition coefficient (Wildman–Crippen LogP) is 0.761. The second-order valence-electron chi connectivity index (χ2n) is 2.19. The van der Waals surface area contributed by atoms with Gasteiger partial charge in [0.1, 0.15) is 0 Å². The highest BCUT2D eigenvalue weighted by molar-refractivity contribution is 4.95. The summed E-state index contributed by atoms with van der Waals surface area (Å²) in [5.41, 5.74) is -0.236. The van der Waals surface area contributed by atoms with Crippen LogP contribution in [0.1, 0.15) is 13.8 Å². The third kappa shape index (κ3) is 2.60. The fourth-order valence-electron chi connectivity index (χ4n) is 0.0707. The van der Waals surface area contributed by atoms with Gasteiger partial charge in [-0.1, -0.05) is 13.8 Å². The zero-order chi connectivity index (χ0) is 5.91. The molecular formula is C5H12NO-. The summed E-state index contributed by atoms with van der Waals surface area (Å²) in [5, 5.41) is 12.4. The van der Waals surface area contributed by atoms with Gasteiger partial charge in [0.2, 0.25) is 0 Å². The van der Waals surface area contributed by atoms with Crippen molar-refractivity contribution >= 4 is 0 Å². The van der Waals surface area contributed by atoms with Crippen LogP contribution in [0.3, 0.4) is 0 Å². The second-order valence-corrected chi connectivity index (χ2v) is 2.19. The summed E-state index contributed by atoms with van der Waals surface area (Å²) in [6.07, 6.45) is 0. The minimum absolute atomic E-state index is 0.128. The molecule has 0 aromatic carbocycles. The molecule has 44 valence electrons. The molecule has 1 N–H and O–H groups in total. The van der Waals surface area contributed by atoms with Gasteiger partial charge in [-0.15, -0.1) is 5.54 Å². The molecule has 2 heteroatoms. The van der Waals surface area contributed by atoms with E-state index in [0.717, 1.165) is 0 Å². The van der Waals surface area contributed by atoms with Crippen molar-refractivity contribution < 1.29 is 5.11 Å². The topological polar surface area (TPSA) is 34.3 Å². The molecule has 2 nitrogen and oxygen atoms in total. The maximum atomic E-state index is 8.50. The normalized spacial score (nSPS) is 12.0. The molecule has 0 aliphatic carbocycles. The van der Waals surface area contributed by atoms with E-state index >= 15 is 0 Å². The molecule has 0 spiro atoms. The van der Waals surface area contributed by atoms with E-state index in [2.05, 4.69) is 5.32 Å². The van der Waals surface area contributed by atoms with Gasteiger partial charge in [-0.2, -0.15) is 7.05 Å². The lowest BCUT2D eigenvalue weighted by Crippen LogP contribution is -2.22. The molecular weight excluding hydrogens is 90.1 g/mol. The van der Waals surface area contributed by atoms with Gasteiger partial charge in [0, 0.05) is 6.61 Å². The predicted molar refractivity (Wildman–Crippen MR) is 30.4 cm³/mol. The number of aliphatic hydroxyl groups excluding tert-OH is 1. The minimum atomic E-state index is -0.236. The van der Waals surface area contributed by atoms with Crippen LogP contribution in [-0.2, 0) is 0 Å². The van der Waals surface area contributed by atoms with Crippen LogP contribution >= 0.6 is 0 Å². The highest BCUT2D eigenvalue weighted by Crippen LogP contribution is 2.09. The molecule has 0 unspecified atom stereocenters. The van der Waals surface area contributed by atoms with Crippen molar-refractivity contribution in [1.82, 2.24) is 0 Å². The molecule has 0 bridgehead atoms. The van der Waals surface area contributed by atoms with Gasteiger partial charge in [0.15, 0.2) is 0 Å². The standard InChI is InChI=1S/C5H12NO/c1-5(2,4-7)6-3/h7H,4H2,1-3H3/q-1. The maximum absolute atomic E-state index is 8.50. The number of hydrogen-bond donors (Lipinski definition) is 1. The lowest BCUT2D eigenvalue weighted by atomic mass is 10.1. The van der Waals surface area contributed by atoms with Gasteiger partial charge in [0.05, 0.1) is 0 Å². The van der Waals surface area contributed by atoms with Gasteiger partial charge in [0.25, 0.3) is 0 Å². The van der Waals surface area contributed by atoms with E-state index in [9.17, 15) is 0 Å². The van der Waals surface area contributed by atoms with Crippen molar-refractivity contribution in [2.75, 3.05) is 13.7 Å². The average molecular weight is 102 g/mol. The Morgan fingerprint density at radius 2 is 2.00 bits per heavy atom. The Morgan fingerprint density at radius 1 is 1.57 bits per heavy atom. The van der Waals surface area contributed by atoms with Crippen molar-refractivity contribution in [2.45, 2.75) is 19.4 Å². The minimum Gasteiger partial charge on any atom is -0.658 e. The molecule has 0 radical (unpaired) electrons. The van der Waals surface area contributed by atoms with E-state index in [4.69, 9.17) is 5.11 Å². The average Bonchev–Trinajstić information content (AvgIpc) is 1.68. The zero-order valence-electron chi connectivity index (χ0n) is 5.10. The molecule has 7 heavy (non-hydrogen) atoms. The van der Waals surface area contributed by atoms with Crippen molar-refractivity contribution in [3.8, 4) is 0 Å². The van der Waals surface area contributed by atoms with E-state index in [-0.39, 0.29) is 12.1 Å². The summed E-state index contributed by atoms with van der Waals surface area (Å²) in [7, 11) is 1.70. The summed E-state index contributed by atoms with van der Waals surface area (Å²) in [6.45, 7) is 3.89. The van der Waals surface area contributed by atoms with Gasteiger partial charge >= 0.3 is 0 Å². The molecule has 0 aliphatic rings. The molecule has 0 atom stereocenters. The first-order valence-corrected chi connectivity index (χ1v) is 2.34. The molecule has 0 rings (SSSR count). The highest BCUT2D eigenvalue weighted by Gasteiger charge is 1.98. The van der Waals surface area contributed by atoms with E-state index in [1.54, 1.807) is 7.05 Å². The summed E-state index contributed by atoms with van der Waals surface area (Å²) in [5.74, 6) is 0. The Bertz CT molecular complexity index is 46.0. The summed E-state index contributed by atoms with van der Waals surface area (Å²) in [6, 6.07) is 0. The highest BCUT2D eigenvalue weighted by atomic mass is 16.3. The third-order valence-electron chi connectivity index (χ3n) is 0.992. The Hall–Kier alpha value is -0.0800. The summed E-state index contributed by atoms with van der Waals surface area (Å²) >= 11 is 0. The number of aliphatic hydroxyl groups is 1. The second kappa shape index (κ2) is 2.28. The van der Waals surface area contributed by atoms with Crippen molar-refractivity contribution in [1.29, 1.82) is 0 Å². The molecule has 0 saturated carbocycles. The van der Waals surface area contributed by atoms with Crippen LogP contribution in [0, 0.1) is 0 Å². The quantitative estimate of drug-likeness (QED) is 0.548. The zero-order valence-corrected chi connectivity index (χ0v) is 5.10. The first-order valence-electron chi connectivity index (χ1n) is 2.34. The number of nitrogens with zero attached hydrogens (tertiary/aromatic N) is 1. The molecule has 0 saturated heterocycles. The van der Waals surface area contributed by atoms with Crippen LogP contribution in [0.2, 0.25) is 0 Å². The van der Waals surface area contributed by atoms with Crippen molar-refractivity contribution in [2.24, 2.45) is 0 Å². The molecule has 0 aromatic heterocycles. The number of rotatable bonds is 2. The van der Waals surface area contributed by atoms with Crippen LogP contribution in [0.4, 0.5) is 0 Å². The molecule has 0 amide bonds. The van der Waals surface area contributed by atoms with Crippen LogP contribution < -0.4 is 0 Å². The Kier molecular flexibility index (Phi) is 2.26. The van der Waals surface area contributed by atoms with Crippen LogP contribution in [0.25, 0.3) is 5.32 Å². The lowest BCUT2D eigenvalue weighted by Gasteiger charge is -2.34. The van der Waals surface area contributed by atoms with E-state index in [0.29, 0.717) is 0 Å². The first kappa shape index (κ1) is 6.92. The Balaban J connectivity index is 3.36. The van der Waals surface area contributed by atoms with Crippen LogP contribution in [0.5, 0.6) is 0 Å². The fraction of sp³-hybridized carbons (Fsp3) is 1.00. The largest absolute Gasteiger partial charge is 0.658 e. The Morgan fingerprint density at radius 3 is 2.00 bits per heavy atom. The van der Waals surface area contributed by atoms with Gasteiger partial charge in [-0.05, 0) is 0 Å². The van der Waals surface area contributed by atoms with E-state index in [1.165, 1.54) is 0 Å². The van der Waals surface area contributed by atoms with Gasteiger partial charge in [-0.3, -0.25) is 0 Å². The third-order valence-corrected chi connectivity index (χ3v) is 0.992. The summed E-state index contributed by atoms with van der Waals surface area (Å²) in [4.78, 5) is 0. The fourth-order valence-corrected chi connectivity index (χ4v) is 0.0707. The molecule has 0 aliphatic heterocycles. The molecule has 0 heterocycles. The van der Waals surface area contributed by atoms with Gasteiger partial charge < -0.3 is 10.4 Å². The molecule has 0 aromatic rings. The number of likely N-dealkylation sites (N-methyl/N-ethyl adjacent to an activating group) is 1. The van der Waals surface area contributed by atoms with Gasteiger partial charge in [-0.25, -0.2) is 0 Å². The smallest absolute Gasteiger partial charge is 0.0293 e. The first-order chi connectivity index (χ1) is 3.12. The monoisotopic (exact) mass is 102 g/mol. The lowest BCUT2D eigenvalue weighted by molar-refractivity contribution is 0.239. The van der Waals surface area contributed by atoms with E-state index < -0.39 is 0 Å². The SMILES string of the molecule is C[N-]C(C)(C)CO. The van der Waals surface area contributed by atoms with Crippen LogP contribution in [-0.4, -0.2) is 24.3 Å².